The van der Waals surface area contributed by atoms with Gasteiger partial charge in [0.15, 0.2) is 5.65 Å². The van der Waals surface area contributed by atoms with Crippen molar-refractivity contribution in [3.63, 3.8) is 0 Å². The Morgan fingerprint density at radius 1 is 1.02 bits per heavy atom. The highest BCUT2D eigenvalue weighted by molar-refractivity contribution is 6.67. The highest BCUT2D eigenvalue weighted by Gasteiger charge is 2.30. The molecule has 2 saturated carbocycles. The Bertz CT molecular complexity index is 1160. The van der Waals surface area contributed by atoms with E-state index in [0.717, 1.165) is 41.9 Å². The molecule has 2 fully saturated rings. The molecule has 5 rings (SSSR count). The summed E-state index contributed by atoms with van der Waals surface area (Å²) in [4.78, 5) is 24.9. The Balaban J connectivity index is 0.000000359. The first-order chi connectivity index (χ1) is 20.2. The number of carbonyl (C=O) groups excluding carboxylic acids is 1. The van der Waals surface area contributed by atoms with E-state index in [1.165, 1.54) is 39.0 Å². The lowest BCUT2D eigenvalue weighted by molar-refractivity contribution is -0.114. The molecule has 0 bridgehead atoms. The lowest BCUT2D eigenvalue weighted by Crippen LogP contribution is -2.33. The van der Waals surface area contributed by atoms with Gasteiger partial charge in [-0.3, -0.25) is 19.2 Å². The fraction of sp³-hybridized carbons (Fsp3) is 0.645. The highest BCUT2D eigenvalue weighted by atomic mass is 19.3. The predicted octanol–water partition coefficient (Wildman–Crippen LogP) is 7.13. The number of imidazole rings is 1. The minimum Gasteiger partial charge on any atom is -0.385 e. The van der Waals surface area contributed by atoms with Gasteiger partial charge in [0, 0.05) is 25.1 Å². The molecule has 0 unspecified atom stereocenters. The van der Waals surface area contributed by atoms with Crippen molar-refractivity contribution in [3.05, 3.63) is 42.0 Å². The fourth-order valence-corrected chi connectivity index (χ4v) is 4.01. The van der Waals surface area contributed by atoms with E-state index in [-0.39, 0.29) is 25.4 Å². The number of nitrogens with zero attached hydrogens (tertiary/aromatic N) is 5. The van der Waals surface area contributed by atoms with Gasteiger partial charge in [-0.1, -0.05) is 52.0 Å². The van der Waals surface area contributed by atoms with Crippen LogP contribution in [-0.2, 0) is 17.9 Å². The minimum atomic E-state index is -2.32. The van der Waals surface area contributed by atoms with Crippen molar-refractivity contribution in [2.24, 2.45) is 9.98 Å². The van der Waals surface area contributed by atoms with E-state index in [1.54, 1.807) is 11.4 Å². The Morgan fingerprint density at radius 3 is 2.24 bits per heavy atom. The number of amides is 1. The average Bonchev–Trinajstić information content (AvgIpc) is 3.70. The maximum Gasteiger partial charge on any atom is 0.271 e. The zero-order chi connectivity index (χ0) is 30.8. The molecule has 234 valence electrons. The van der Waals surface area contributed by atoms with Crippen LogP contribution in [0.3, 0.4) is 0 Å². The lowest BCUT2D eigenvalue weighted by atomic mass is 9.97. The molecule has 3 heterocycles. The summed E-state index contributed by atoms with van der Waals surface area (Å²) in [5.74, 6) is -2.55. The molecule has 0 radical (unpaired) electrons. The van der Waals surface area contributed by atoms with Crippen molar-refractivity contribution >= 4 is 23.0 Å². The Morgan fingerprint density at radius 2 is 1.69 bits per heavy atom. The maximum absolute atomic E-state index is 12.2. The van der Waals surface area contributed by atoms with Crippen molar-refractivity contribution in [3.8, 4) is 0 Å². The zero-order valence-electron chi connectivity index (χ0n) is 25.5. The Hall–Kier alpha value is -3.24. The van der Waals surface area contributed by atoms with Crippen molar-refractivity contribution in [2.45, 2.75) is 117 Å². The first-order valence-corrected chi connectivity index (χ1v) is 15.2. The van der Waals surface area contributed by atoms with Crippen LogP contribution >= 0.6 is 0 Å². The maximum atomic E-state index is 12.2. The third-order valence-electron chi connectivity index (χ3n) is 6.51. The van der Waals surface area contributed by atoms with Crippen LogP contribution in [0.25, 0.3) is 5.65 Å². The number of allylic oxidation sites excluding steroid dienone is 1. The minimum absolute atomic E-state index is 0.118. The van der Waals surface area contributed by atoms with Crippen LogP contribution in [0, 0.1) is 0 Å². The Kier molecular flexibility index (Phi) is 15.9. The number of alkyl halides is 3. The number of nitrogens with one attached hydrogen (secondary N) is 2. The number of fused-ring (bicyclic) bond motifs is 1. The molecule has 0 aromatic carbocycles. The second-order valence-corrected chi connectivity index (χ2v) is 10.6. The van der Waals surface area contributed by atoms with Gasteiger partial charge in [-0.25, -0.2) is 18.3 Å². The topological polar surface area (TPSA) is 96.0 Å². The molecular weight excluding hydrogens is 543 g/mol. The van der Waals surface area contributed by atoms with Gasteiger partial charge in [0.05, 0.1) is 37.0 Å². The molecule has 2 aliphatic carbocycles. The van der Waals surface area contributed by atoms with Gasteiger partial charge in [0.25, 0.3) is 5.91 Å². The second-order valence-electron chi connectivity index (χ2n) is 10.6. The summed E-state index contributed by atoms with van der Waals surface area (Å²) >= 11 is 0. The molecule has 8 nitrogen and oxygen atoms in total. The van der Waals surface area contributed by atoms with Crippen LogP contribution < -0.4 is 10.6 Å². The van der Waals surface area contributed by atoms with Gasteiger partial charge in [-0.05, 0) is 51.2 Å². The van der Waals surface area contributed by atoms with Crippen LogP contribution in [-0.4, -0.2) is 51.2 Å². The summed E-state index contributed by atoms with van der Waals surface area (Å²) in [6.07, 6.45) is 15.4. The standard InChI is InChI=1S/C20H27N7O.C6H10F2.C3H6.C2H5F/c1-4-5-6-7-14(2)21-9-16-8-18-26-17(12-27(18)25-10-16)11-22-20(28)19-15(3)23-13-24-19;7-6(8)4-2-1-3-5-6;1-2-3-1;1-2-3/h8,10,12,21H,2,4-7,9,11,13H2,1,3H3,(H,22,28);1-5H2;1-3H2;2H2,1H3. The third kappa shape index (κ3) is 14.1. The molecule has 3 aliphatic rings. The van der Waals surface area contributed by atoms with E-state index < -0.39 is 5.92 Å². The molecular formula is C31H48F3N7O. The molecule has 42 heavy (non-hydrogen) atoms. The fourth-order valence-electron chi connectivity index (χ4n) is 4.01. The first-order valence-electron chi connectivity index (χ1n) is 15.2. The summed E-state index contributed by atoms with van der Waals surface area (Å²) in [5.41, 5.74) is 4.64. The van der Waals surface area contributed by atoms with Crippen LogP contribution in [0.2, 0.25) is 0 Å². The summed E-state index contributed by atoms with van der Waals surface area (Å²) in [7, 11) is 0. The van der Waals surface area contributed by atoms with Crippen molar-refractivity contribution in [1.82, 2.24) is 25.2 Å². The average molecular weight is 592 g/mol. The zero-order valence-corrected chi connectivity index (χ0v) is 25.5. The van der Waals surface area contributed by atoms with Gasteiger partial charge in [0.2, 0.25) is 5.92 Å². The number of hydrogen-bond acceptors (Lipinski definition) is 6. The highest BCUT2D eigenvalue weighted by Crippen LogP contribution is 2.32. The largest absolute Gasteiger partial charge is 0.385 e. The predicted molar refractivity (Wildman–Crippen MR) is 164 cm³/mol. The smallest absolute Gasteiger partial charge is 0.271 e. The monoisotopic (exact) mass is 591 g/mol. The first kappa shape index (κ1) is 35.0. The Labute approximate surface area is 248 Å². The van der Waals surface area contributed by atoms with Gasteiger partial charge >= 0.3 is 0 Å². The normalized spacial score (nSPS) is 16.3. The van der Waals surface area contributed by atoms with Crippen LogP contribution in [0.15, 0.2) is 40.7 Å². The molecule has 2 aromatic heterocycles. The molecule has 2 aromatic rings. The summed E-state index contributed by atoms with van der Waals surface area (Å²) in [6, 6.07) is 1.99. The van der Waals surface area contributed by atoms with E-state index in [2.05, 4.69) is 44.2 Å². The summed E-state index contributed by atoms with van der Waals surface area (Å²) < 4.78 is 36.4. The van der Waals surface area contributed by atoms with Crippen molar-refractivity contribution in [1.29, 1.82) is 0 Å². The number of rotatable bonds is 10. The van der Waals surface area contributed by atoms with E-state index in [0.29, 0.717) is 44.0 Å². The number of aliphatic imine (C=N–C) groups is 2. The number of aromatic nitrogens is 3. The quantitative estimate of drug-likeness (QED) is 0.287. The molecule has 0 saturated heterocycles. The van der Waals surface area contributed by atoms with E-state index in [4.69, 9.17) is 0 Å². The molecule has 1 amide bonds. The number of unbranched alkanes of at least 4 members (excludes halogenated alkanes) is 2. The van der Waals surface area contributed by atoms with E-state index >= 15 is 0 Å². The summed E-state index contributed by atoms with van der Waals surface area (Å²) in [6.45, 7) is 10.6. The molecule has 11 heteroatoms. The van der Waals surface area contributed by atoms with Crippen LogP contribution in [0.4, 0.5) is 13.2 Å². The molecule has 1 aliphatic heterocycles. The van der Waals surface area contributed by atoms with Crippen molar-refractivity contribution < 1.29 is 18.0 Å². The van der Waals surface area contributed by atoms with Crippen LogP contribution in [0.1, 0.15) is 109 Å². The van der Waals surface area contributed by atoms with E-state index in [1.807, 2.05) is 18.5 Å². The SMILES string of the molecule is C1CC1.C=C(CCCCC)NCc1cnn2cc(CNC(=O)C3=NCN=C3C)nc2c1.CCF.FC1(F)CCCCC1. The lowest BCUT2D eigenvalue weighted by Gasteiger charge is -2.20. The molecule has 2 N–H and O–H groups in total. The molecule has 0 atom stereocenters. The molecule has 0 spiro atoms. The number of carbonyl (C=O) groups is 1. The second kappa shape index (κ2) is 19.0. The number of hydrogen-bond donors (Lipinski definition) is 2. The van der Waals surface area contributed by atoms with Gasteiger partial charge in [0.1, 0.15) is 12.4 Å². The van der Waals surface area contributed by atoms with Crippen LogP contribution in [0.5, 0.6) is 0 Å². The number of halogens is 3. The van der Waals surface area contributed by atoms with Gasteiger partial charge in [-0.2, -0.15) is 5.10 Å². The summed E-state index contributed by atoms with van der Waals surface area (Å²) in [5, 5.41) is 10.6. The van der Waals surface area contributed by atoms with Gasteiger partial charge in [-0.15, -0.1) is 0 Å². The van der Waals surface area contributed by atoms with Gasteiger partial charge < -0.3 is 10.6 Å². The third-order valence-corrected chi connectivity index (χ3v) is 6.51. The van der Waals surface area contributed by atoms with Crippen molar-refractivity contribution in [2.75, 3.05) is 13.3 Å². The van der Waals surface area contributed by atoms with E-state index in [9.17, 15) is 18.0 Å².